The van der Waals surface area contributed by atoms with Crippen LogP contribution in [-0.2, 0) is 0 Å². The molecule has 1 aromatic heterocycles. The van der Waals surface area contributed by atoms with Gasteiger partial charge in [-0.15, -0.1) is 15.0 Å². The van der Waals surface area contributed by atoms with Crippen LogP contribution in [0, 0.1) is 0 Å². The summed E-state index contributed by atoms with van der Waals surface area (Å²) >= 11 is 13.5. The minimum absolute atomic E-state index is 0.119. The van der Waals surface area contributed by atoms with Gasteiger partial charge in [-0.25, -0.2) is 0 Å². The number of hydrogen-bond acceptors (Lipinski definition) is 4. The molecule has 0 spiro atoms. The molecule has 0 saturated heterocycles. The Morgan fingerprint density at radius 1 is 0.905 bits per heavy atom. The summed E-state index contributed by atoms with van der Waals surface area (Å²) in [5, 5.41) is 13.2. The summed E-state index contributed by atoms with van der Waals surface area (Å²) in [5.41, 5.74) is 1.04. The molecule has 3 aromatic rings. The van der Waals surface area contributed by atoms with Crippen LogP contribution < -0.4 is 0 Å². The van der Waals surface area contributed by atoms with Crippen molar-refractivity contribution in [2.45, 2.75) is 10.3 Å². The number of rotatable bonds is 4. The smallest absolute Gasteiger partial charge is 0.146 e. The van der Waals surface area contributed by atoms with Crippen LogP contribution in [0.25, 0.3) is 0 Å². The fourth-order valence-corrected chi connectivity index (χ4v) is 3.09. The van der Waals surface area contributed by atoms with Gasteiger partial charge in [-0.1, -0.05) is 47.1 Å². The zero-order valence-electron chi connectivity index (χ0n) is 10.7. The largest absolute Gasteiger partial charge is 0.162 e. The van der Waals surface area contributed by atoms with Gasteiger partial charge in [-0.05, 0) is 47.2 Å². The van der Waals surface area contributed by atoms with Crippen LogP contribution in [0.5, 0.6) is 0 Å². The van der Waals surface area contributed by atoms with Gasteiger partial charge in [0, 0.05) is 14.9 Å². The maximum Gasteiger partial charge on any atom is 0.162 e. The van der Waals surface area contributed by atoms with E-state index in [4.69, 9.17) is 23.2 Å². The molecule has 2 aromatic carbocycles. The molecule has 0 bridgehead atoms. The molecule has 4 nitrogen and oxygen atoms in total. The highest BCUT2D eigenvalue weighted by Gasteiger charge is 2.17. The van der Waals surface area contributed by atoms with Gasteiger partial charge in [-0.3, -0.25) is 0 Å². The van der Waals surface area contributed by atoms with Crippen molar-refractivity contribution < 1.29 is 0 Å². The van der Waals surface area contributed by atoms with Gasteiger partial charge in [0.1, 0.15) is 5.37 Å². The van der Waals surface area contributed by atoms with E-state index in [2.05, 4.69) is 15.4 Å². The highest BCUT2D eigenvalue weighted by atomic mass is 35.5. The third kappa shape index (κ3) is 3.56. The Bertz CT molecular complexity index is 699. The molecule has 21 heavy (non-hydrogen) atoms. The molecule has 0 N–H and O–H groups in total. The lowest BCUT2D eigenvalue weighted by Gasteiger charge is -2.15. The molecule has 106 valence electrons. The maximum absolute atomic E-state index is 5.95. The van der Waals surface area contributed by atoms with Crippen LogP contribution in [0.3, 0.4) is 0 Å². The SMILES string of the molecule is Clc1ccc(SC(c2ccc(Cl)cc2)n2ncnn2)cc1. The van der Waals surface area contributed by atoms with E-state index in [0.717, 1.165) is 10.5 Å². The number of halogens is 2. The molecule has 0 amide bonds. The zero-order valence-corrected chi connectivity index (χ0v) is 13.1. The van der Waals surface area contributed by atoms with Crippen molar-refractivity contribution in [3.8, 4) is 0 Å². The van der Waals surface area contributed by atoms with Gasteiger partial charge >= 0.3 is 0 Å². The first-order valence-electron chi connectivity index (χ1n) is 6.12. The summed E-state index contributed by atoms with van der Waals surface area (Å²) in [4.78, 5) is 2.64. The number of thioether (sulfide) groups is 1. The topological polar surface area (TPSA) is 43.6 Å². The van der Waals surface area contributed by atoms with Crippen LogP contribution in [0.4, 0.5) is 0 Å². The molecular formula is C14H10Cl2N4S. The van der Waals surface area contributed by atoms with Crippen molar-refractivity contribution in [3.63, 3.8) is 0 Å². The lowest BCUT2D eigenvalue weighted by Crippen LogP contribution is -2.10. The standard InChI is InChI=1S/C14H10Cl2N4S/c15-11-3-1-10(2-4-11)14(20-18-9-17-19-20)21-13-7-5-12(16)6-8-13/h1-9,14H. The van der Waals surface area contributed by atoms with Crippen molar-refractivity contribution >= 4 is 35.0 Å². The van der Waals surface area contributed by atoms with Crippen molar-refractivity contribution in [1.82, 2.24) is 20.2 Å². The Morgan fingerprint density at radius 2 is 1.52 bits per heavy atom. The number of nitrogens with zero attached hydrogens (tertiary/aromatic N) is 4. The summed E-state index contributed by atoms with van der Waals surface area (Å²) < 4.78 is 0. The maximum atomic E-state index is 5.95. The third-order valence-corrected chi connectivity index (χ3v) is 4.52. The highest BCUT2D eigenvalue weighted by Crippen LogP contribution is 2.36. The van der Waals surface area contributed by atoms with E-state index >= 15 is 0 Å². The van der Waals surface area contributed by atoms with E-state index in [9.17, 15) is 0 Å². The first-order valence-corrected chi connectivity index (χ1v) is 7.76. The first kappa shape index (κ1) is 14.4. The van der Waals surface area contributed by atoms with Crippen LogP contribution in [-0.4, -0.2) is 20.2 Å². The quantitative estimate of drug-likeness (QED) is 0.665. The average molecular weight is 337 g/mol. The van der Waals surface area contributed by atoms with Gasteiger partial charge in [0.15, 0.2) is 6.33 Å². The summed E-state index contributed by atoms with van der Waals surface area (Å²) in [7, 11) is 0. The molecule has 0 fully saturated rings. The molecule has 3 rings (SSSR count). The normalized spacial score (nSPS) is 12.3. The Morgan fingerprint density at radius 3 is 2.10 bits per heavy atom. The summed E-state index contributed by atoms with van der Waals surface area (Å²) in [5.74, 6) is 0. The van der Waals surface area contributed by atoms with Crippen molar-refractivity contribution in [1.29, 1.82) is 0 Å². The molecule has 1 atom stereocenters. The predicted octanol–water partition coefficient (Wildman–Crippen LogP) is 4.32. The average Bonchev–Trinajstić information content (AvgIpc) is 3.02. The second-order valence-electron chi connectivity index (χ2n) is 4.23. The van der Waals surface area contributed by atoms with Crippen LogP contribution >= 0.6 is 35.0 Å². The minimum Gasteiger partial charge on any atom is -0.146 e. The number of aromatic nitrogens is 4. The van der Waals surface area contributed by atoms with E-state index in [-0.39, 0.29) is 5.37 Å². The highest BCUT2D eigenvalue weighted by molar-refractivity contribution is 7.99. The molecule has 1 unspecified atom stereocenters. The molecule has 0 radical (unpaired) electrons. The molecule has 7 heteroatoms. The predicted molar refractivity (Wildman–Crippen MR) is 84.7 cm³/mol. The van der Waals surface area contributed by atoms with Gasteiger partial charge in [-0.2, -0.15) is 0 Å². The second-order valence-corrected chi connectivity index (χ2v) is 6.26. The molecule has 0 aliphatic carbocycles. The number of tetrazole rings is 1. The summed E-state index contributed by atoms with van der Waals surface area (Å²) in [6, 6.07) is 15.3. The Labute approximate surface area is 136 Å². The van der Waals surface area contributed by atoms with E-state index in [1.807, 2.05) is 48.5 Å². The van der Waals surface area contributed by atoms with Crippen molar-refractivity contribution in [2.24, 2.45) is 0 Å². The Kier molecular flexibility index (Phi) is 4.43. The summed E-state index contributed by atoms with van der Waals surface area (Å²) in [6.45, 7) is 0. The lowest BCUT2D eigenvalue weighted by atomic mass is 10.2. The monoisotopic (exact) mass is 336 g/mol. The Balaban J connectivity index is 1.93. The second kappa shape index (κ2) is 6.47. The van der Waals surface area contributed by atoms with E-state index < -0.39 is 0 Å². The van der Waals surface area contributed by atoms with Gasteiger partial charge in [0.25, 0.3) is 0 Å². The van der Waals surface area contributed by atoms with Crippen LogP contribution in [0.15, 0.2) is 59.8 Å². The van der Waals surface area contributed by atoms with E-state index in [0.29, 0.717) is 10.0 Å². The van der Waals surface area contributed by atoms with Crippen LogP contribution in [0.1, 0.15) is 10.9 Å². The third-order valence-electron chi connectivity index (χ3n) is 2.79. The van der Waals surface area contributed by atoms with Crippen molar-refractivity contribution in [3.05, 3.63) is 70.5 Å². The number of hydrogen-bond donors (Lipinski definition) is 0. The van der Waals surface area contributed by atoms with Crippen LogP contribution in [0.2, 0.25) is 10.0 Å². The first-order chi connectivity index (χ1) is 10.2. The number of benzene rings is 2. The van der Waals surface area contributed by atoms with Gasteiger partial charge in [0.05, 0.1) is 0 Å². The van der Waals surface area contributed by atoms with Gasteiger partial charge in [0.2, 0.25) is 0 Å². The van der Waals surface area contributed by atoms with Gasteiger partial charge < -0.3 is 0 Å². The Hall–Kier alpha value is -1.56. The molecule has 0 aliphatic rings. The van der Waals surface area contributed by atoms with E-state index in [1.165, 1.54) is 6.33 Å². The molecule has 0 aliphatic heterocycles. The van der Waals surface area contributed by atoms with E-state index in [1.54, 1.807) is 16.6 Å². The molecule has 1 heterocycles. The zero-order chi connectivity index (χ0) is 14.7. The minimum atomic E-state index is -0.119. The lowest BCUT2D eigenvalue weighted by molar-refractivity contribution is 0.560. The van der Waals surface area contributed by atoms with Crippen molar-refractivity contribution in [2.75, 3.05) is 0 Å². The summed E-state index contributed by atoms with van der Waals surface area (Å²) in [6.07, 6.45) is 1.42. The molecular weight excluding hydrogens is 327 g/mol. The fraction of sp³-hybridized carbons (Fsp3) is 0.0714. The fourth-order valence-electron chi connectivity index (χ4n) is 1.80. The molecule has 0 saturated carbocycles.